The summed E-state index contributed by atoms with van der Waals surface area (Å²) in [7, 11) is 1.78. The largest absolute Gasteiger partial charge is 0.493 e. The molecular formula is C21H25IN6O. The lowest BCUT2D eigenvalue weighted by atomic mass is 10.1. The molecule has 1 aliphatic rings. The lowest BCUT2D eigenvalue weighted by Gasteiger charge is -2.12. The minimum absolute atomic E-state index is 0. The van der Waals surface area contributed by atoms with E-state index in [-0.39, 0.29) is 24.0 Å². The molecular weight excluding hydrogens is 479 g/mol. The number of nitrogens with one attached hydrogen (secondary N) is 2. The summed E-state index contributed by atoms with van der Waals surface area (Å²) in [4.78, 5) is 12.8. The molecule has 0 amide bonds. The first kappa shape index (κ1) is 21.1. The summed E-state index contributed by atoms with van der Waals surface area (Å²) >= 11 is 0. The molecule has 8 heteroatoms. The Bertz CT molecular complexity index is 940. The number of aliphatic imine (C=N–C) groups is 1. The Hall–Kier alpha value is -2.62. The van der Waals surface area contributed by atoms with Crippen LogP contribution < -0.4 is 15.4 Å². The molecule has 0 unspecified atom stereocenters. The van der Waals surface area contributed by atoms with Crippen molar-refractivity contribution in [2.24, 2.45) is 4.99 Å². The van der Waals surface area contributed by atoms with Crippen molar-refractivity contribution in [3.05, 3.63) is 71.9 Å². The summed E-state index contributed by atoms with van der Waals surface area (Å²) in [5, 5.41) is 6.69. The van der Waals surface area contributed by atoms with Gasteiger partial charge in [0.25, 0.3) is 0 Å². The van der Waals surface area contributed by atoms with Crippen LogP contribution in [0, 0.1) is 0 Å². The standard InChI is InChI=1S/C21H24N6O.HI/c1-22-21(24-8-6-16-2-4-19-18(12-16)7-11-28-19)26-14-17-3-5-20(25-13-17)27-10-9-23-15-27;/h2-5,9-10,12-13,15H,6-8,11,14H2,1H3,(H2,22,24,26);1H. The molecule has 1 aliphatic heterocycles. The van der Waals surface area contributed by atoms with Gasteiger partial charge in [-0.2, -0.15) is 0 Å². The Morgan fingerprint density at radius 3 is 2.86 bits per heavy atom. The number of imidazole rings is 1. The van der Waals surface area contributed by atoms with Crippen molar-refractivity contribution in [2.45, 2.75) is 19.4 Å². The molecule has 0 spiro atoms. The molecule has 2 aromatic heterocycles. The molecule has 0 aliphatic carbocycles. The Labute approximate surface area is 187 Å². The third-order valence-corrected chi connectivity index (χ3v) is 4.72. The summed E-state index contributed by atoms with van der Waals surface area (Å²) in [5.74, 6) is 2.66. The van der Waals surface area contributed by atoms with E-state index >= 15 is 0 Å². The van der Waals surface area contributed by atoms with Gasteiger partial charge in [0.1, 0.15) is 17.9 Å². The highest BCUT2D eigenvalue weighted by molar-refractivity contribution is 14.0. The second-order valence-electron chi connectivity index (χ2n) is 6.64. The first-order valence-corrected chi connectivity index (χ1v) is 9.44. The normalized spacial score (nSPS) is 12.7. The fraction of sp³-hybridized carbons (Fsp3) is 0.286. The molecule has 7 nitrogen and oxygen atoms in total. The second-order valence-corrected chi connectivity index (χ2v) is 6.64. The fourth-order valence-electron chi connectivity index (χ4n) is 3.20. The summed E-state index contributed by atoms with van der Waals surface area (Å²) in [6.45, 7) is 2.27. The molecule has 3 heterocycles. The van der Waals surface area contributed by atoms with Crippen LogP contribution in [0.4, 0.5) is 0 Å². The third kappa shape index (κ3) is 5.47. The average Bonchev–Trinajstić information content (AvgIpc) is 3.42. The van der Waals surface area contributed by atoms with Gasteiger partial charge >= 0.3 is 0 Å². The van der Waals surface area contributed by atoms with E-state index in [0.29, 0.717) is 6.54 Å². The van der Waals surface area contributed by atoms with Gasteiger partial charge in [-0.25, -0.2) is 9.97 Å². The van der Waals surface area contributed by atoms with Crippen molar-refractivity contribution in [3.8, 4) is 11.6 Å². The van der Waals surface area contributed by atoms with E-state index in [9.17, 15) is 0 Å². The maximum atomic E-state index is 5.56. The van der Waals surface area contributed by atoms with Crippen molar-refractivity contribution in [3.63, 3.8) is 0 Å². The van der Waals surface area contributed by atoms with Crippen molar-refractivity contribution in [2.75, 3.05) is 20.2 Å². The van der Waals surface area contributed by atoms with Gasteiger partial charge in [-0.3, -0.25) is 9.56 Å². The van der Waals surface area contributed by atoms with E-state index in [1.54, 1.807) is 19.6 Å². The van der Waals surface area contributed by atoms with E-state index in [2.05, 4.69) is 49.9 Å². The summed E-state index contributed by atoms with van der Waals surface area (Å²) in [6, 6.07) is 10.5. The lowest BCUT2D eigenvalue weighted by Crippen LogP contribution is -2.37. The molecule has 0 saturated carbocycles. The molecule has 1 aromatic carbocycles. The highest BCUT2D eigenvalue weighted by Gasteiger charge is 2.11. The molecule has 4 rings (SSSR count). The zero-order valence-corrected chi connectivity index (χ0v) is 18.7. The maximum Gasteiger partial charge on any atom is 0.191 e. The zero-order valence-electron chi connectivity index (χ0n) is 16.3. The van der Waals surface area contributed by atoms with Gasteiger partial charge in [0, 0.05) is 45.1 Å². The zero-order chi connectivity index (χ0) is 19.2. The molecule has 0 atom stereocenters. The summed E-state index contributed by atoms with van der Waals surface area (Å²) < 4.78 is 7.44. The second kappa shape index (κ2) is 10.2. The number of fused-ring (bicyclic) bond motifs is 1. The van der Waals surface area contributed by atoms with Gasteiger partial charge in [0.05, 0.1) is 6.61 Å². The van der Waals surface area contributed by atoms with Crippen molar-refractivity contribution >= 4 is 29.9 Å². The van der Waals surface area contributed by atoms with E-state index in [1.165, 1.54) is 11.1 Å². The number of hydrogen-bond acceptors (Lipinski definition) is 4. The summed E-state index contributed by atoms with van der Waals surface area (Å²) in [6.07, 6.45) is 9.16. The smallest absolute Gasteiger partial charge is 0.191 e. The van der Waals surface area contributed by atoms with Crippen LogP contribution in [0.25, 0.3) is 5.82 Å². The predicted molar refractivity (Wildman–Crippen MR) is 124 cm³/mol. The Kier molecular flexibility index (Phi) is 7.45. The molecule has 29 heavy (non-hydrogen) atoms. The van der Waals surface area contributed by atoms with Crippen molar-refractivity contribution in [1.82, 2.24) is 25.2 Å². The predicted octanol–water partition coefficient (Wildman–Crippen LogP) is 2.73. The number of rotatable bonds is 6. The van der Waals surface area contributed by atoms with Gasteiger partial charge in [0.15, 0.2) is 5.96 Å². The van der Waals surface area contributed by atoms with Crippen LogP contribution in [0.1, 0.15) is 16.7 Å². The van der Waals surface area contributed by atoms with E-state index in [1.807, 2.05) is 23.0 Å². The van der Waals surface area contributed by atoms with E-state index < -0.39 is 0 Å². The molecule has 2 N–H and O–H groups in total. The molecule has 0 bridgehead atoms. The number of nitrogens with zero attached hydrogens (tertiary/aromatic N) is 4. The van der Waals surface area contributed by atoms with E-state index in [0.717, 1.165) is 49.1 Å². The topological polar surface area (TPSA) is 76.4 Å². The van der Waals surface area contributed by atoms with Crippen LogP contribution >= 0.6 is 24.0 Å². The minimum Gasteiger partial charge on any atom is -0.493 e. The van der Waals surface area contributed by atoms with Crippen LogP contribution in [0.5, 0.6) is 5.75 Å². The summed E-state index contributed by atoms with van der Waals surface area (Å²) in [5.41, 5.74) is 3.71. The fourth-order valence-corrected chi connectivity index (χ4v) is 3.20. The number of aromatic nitrogens is 3. The van der Waals surface area contributed by atoms with Gasteiger partial charge in [0.2, 0.25) is 0 Å². The average molecular weight is 504 g/mol. The van der Waals surface area contributed by atoms with Gasteiger partial charge in [-0.1, -0.05) is 18.2 Å². The van der Waals surface area contributed by atoms with Gasteiger partial charge in [-0.05, 0) is 35.2 Å². The van der Waals surface area contributed by atoms with E-state index in [4.69, 9.17) is 4.74 Å². The number of hydrogen-bond donors (Lipinski definition) is 2. The minimum atomic E-state index is 0. The maximum absolute atomic E-state index is 5.56. The highest BCUT2D eigenvalue weighted by Crippen LogP contribution is 2.25. The molecule has 0 saturated heterocycles. The highest BCUT2D eigenvalue weighted by atomic mass is 127. The van der Waals surface area contributed by atoms with Crippen LogP contribution in [-0.2, 0) is 19.4 Å². The molecule has 3 aromatic rings. The third-order valence-electron chi connectivity index (χ3n) is 4.72. The van der Waals surface area contributed by atoms with Gasteiger partial charge < -0.3 is 15.4 Å². The number of ether oxygens (including phenoxy) is 1. The molecule has 152 valence electrons. The lowest BCUT2D eigenvalue weighted by molar-refractivity contribution is 0.357. The van der Waals surface area contributed by atoms with Crippen LogP contribution in [0.3, 0.4) is 0 Å². The Balaban J connectivity index is 0.00000240. The number of halogens is 1. The van der Waals surface area contributed by atoms with Crippen LogP contribution in [-0.4, -0.2) is 40.7 Å². The Morgan fingerprint density at radius 2 is 2.10 bits per heavy atom. The first-order chi connectivity index (χ1) is 13.8. The Morgan fingerprint density at radius 1 is 1.21 bits per heavy atom. The number of benzene rings is 1. The number of guanidine groups is 1. The SMILES string of the molecule is CN=C(NCCc1ccc2c(c1)CCO2)NCc1ccc(-n2ccnc2)nc1.I. The molecule has 0 radical (unpaired) electrons. The van der Waals surface area contributed by atoms with Crippen LogP contribution in [0.2, 0.25) is 0 Å². The number of pyridine rings is 1. The quantitative estimate of drug-likeness (QED) is 0.307. The van der Waals surface area contributed by atoms with Crippen molar-refractivity contribution < 1.29 is 4.74 Å². The monoisotopic (exact) mass is 504 g/mol. The van der Waals surface area contributed by atoms with Crippen molar-refractivity contribution in [1.29, 1.82) is 0 Å². The first-order valence-electron chi connectivity index (χ1n) is 9.44. The molecule has 0 fully saturated rings. The van der Waals surface area contributed by atoms with Crippen LogP contribution in [0.15, 0.2) is 60.2 Å². The van der Waals surface area contributed by atoms with Gasteiger partial charge in [-0.15, -0.1) is 24.0 Å².